The Morgan fingerprint density at radius 3 is 2.35 bits per heavy atom. The molecule has 0 saturated heterocycles. The molecule has 0 amide bonds. The molecule has 0 fully saturated rings. The quantitative estimate of drug-likeness (QED) is 0.647. The molecule has 0 spiro atoms. The van der Waals surface area contributed by atoms with Gasteiger partial charge in [0.1, 0.15) is 12.4 Å². The Morgan fingerprint density at radius 2 is 1.85 bits per heavy atom. The summed E-state index contributed by atoms with van der Waals surface area (Å²) < 4.78 is 1.92. The largest absolute Gasteiger partial charge is 0.372 e. The van der Waals surface area contributed by atoms with Crippen molar-refractivity contribution < 1.29 is 9.36 Å². The van der Waals surface area contributed by atoms with Crippen LogP contribution in [0.2, 0.25) is 0 Å². The topological polar surface area (TPSA) is 40.0 Å². The Balaban J connectivity index is 2.10. The zero-order valence-corrected chi connectivity index (χ0v) is 12.4. The Labute approximate surface area is 120 Å². The lowest BCUT2D eigenvalue weighted by atomic mass is 10.1. The van der Waals surface area contributed by atoms with Crippen LogP contribution in [0.1, 0.15) is 30.0 Å². The molecule has 0 aliphatic heterocycles. The third-order valence-electron chi connectivity index (χ3n) is 3.61. The van der Waals surface area contributed by atoms with Crippen LogP contribution < -0.4 is 9.47 Å². The first-order valence-electron chi connectivity index (χ1n) is 7.07. The predicted molar refractivity (Wildman–Crippen MR) is 80.1 cm³/mol. The van der Waals surface area contributed by atoms with E-state index in [-0.39, 0.29) is 5.78 Å². The van der Waals surface area contributed by atoms with Crippen molar-refractivity contribution in [3.63, 3.8) is 0 Å². The van der Waals surface area contributed by atoms with Gasteiger partial charge in [-0.3, -0.25) is 4.79 Å². The van der Waals surface area contributed by atoms with Crippen LogP contribution in [0.5, 0.6) is 0 Å². The van der Waals surface area contributed by atoms with Crippen LogP contribution in [0.3, 0.4) is 0 Å². The van der Waals surface area contributed by atoms with Crippen LogP contribution in [0.15, 0.2) is 36.7 Å². The fourth-order valence-corrected chi connectivity index (χ4v) is 2.31. The number of benzene rings is 1. The lowest BCUT2D eigenvalue weighted by Crippen LogP contribution is -2.38. The van der Waals surface area contributed by atoms with Gasteiger partial charge in [-0.25, -0.2) is 9.55 Å². The summed E-state index contributed by atoms with van der Waals surface area (Å²) in [5.74, 6) is 1.11. The molecule has 4 nitrogen and oxygen atoms in total. The van der Waals surface area contributed by atoms with Crippen LogP contribution in [0.25, 0.3) is 0 Å². The summed E-state index contributed by atoms with van der Waals surface area (Å²) in [6.45, 7) is 8.54. The molecule has 0 unspecified atom stereocenters. The molecule has 1 aromatic carbocycles. The second kappa shape index (κ2) is 6.37. The molecular weight excluding hydrogens is 250 g/mol. The van der Waals surface area contributed by atoms with Crippen LogP contribution >= 0.6 is 0 Å². The number of hydrogen-bond acceptors (Lipinski definition) is 2. The fourth-order valence-electron chi connectivity index (χ4n) is 2.31. The van der Waals surface area contributed by atoms with E-state index in [9.17, 15) is 4.79 Å². The van der Waals surface area contributed by atoms with E-state index in [0.29, 0.717) is 6.54 Å². The van der Waals surface area contributed by atoms with Crippen LogP contribution in [0.4, 0.5) is 5.69 Å². The minimum Gasteiger partial charge on any atom is -0.372 e. The average molecular weight is 272 g/mol. The summed E-state index contributed by atoms with van der Waals surface area (Å²) in [6.07, 6.45) is 3.73. The van der Waals surface area contributed by atoms with Crippen molar-refractivity contribution in [3.05, 3.63) is 48.0 Å². The molecule has 106 valence electrons. The van der Waals surface area contributed by atoms with Gasteiger partial charge in [-0.1, -0.05) is 0 Å². The van der Waals surface area contributed by atoms with Gasteiger partial charge in [0.25, 0.3) is 5.82 Å². The Bertz CT molecular complexity index is 568. The van der Waals surface area contributed by atoms with Crippen molar-refractivity contribution in [1.29, 1.82) is 0 Å². The minimum absolute atomic E-state index is 0.129. The van der Waals surface area contributed by atoms with Crippen molar-refractivity contribution in [2.75, 3.05) is 18.0 Å². The van der Waals surface area contributed by atoms with Gasteiger partial charge in [0, 0.05) is 31.3 Å². The highest BCUT2D eigenvalue weighted by Crippen LogP contribution is 2.15. The van der Waals surface area contributed by atoms with Gasteiger partial charge >= 0.3 is 0 Å². The highest BCUT2D eigenvalue weighted by atomic mass is 16.1. The van der Waals surface area contributed by atoms with Gasteiger partial charge in [0.05, 0.1) is 0 Å². The van der Waals surface area contributed by atoms with Crippen LogP contribution in [-0.2, 0) is 6.54 Å². The number of rotatable bonds is 6. The van der Waals surface area contributed by atoms with Gasteiger partial charge in [-0.2, -0.15) is 0 Å². The first-order valence-corrected chi connectivity index (χ1v) is 7.07. The Hall–Kier alpha value is -2.10. The Kier molecular flexibility index (Phi) is 4.56. The van der Waals surface area contributed by atoms with E-state index in [2.05, 4.69) is 23.7 Å². The zero-order valence-electron chi connectivity index (χ0n) is 12.4. The number of nitrogens with zero attached hydrogens (tertiary/aromatic N) is 2. The normalized spacial score (nSPS) is 10.6. The maximum Gasteiger partial charge on any atom is 0.251 e. The van der Waals surface area contributed by atoms with E-state index in [1.165, 1.54) is 0 Å². The van der Waals surface area contributed by atoms with Gasteiger partial charge in [0.15, 0.2) is 6.54 Å². The molecule has 0 atom stereocenters. The van der Waals surface area contributed by atoms with E-state index < -0.39 is 0 Å². The number of carbonyl (C=O) groups excluding carboxylic acids is 1. The van der Waals surface area contributed by atoms with E-state index >= 15 is 0 Å². The predicted octanol–water partition coefficient (Wildman–Crippen LogP) is 2.34. The molecule has 1 aromatic heterocycles. The van der Waals surface area contributed by atoms with Gasteiger partial charge < -0.3 is 4.90 Å². The van der Waals surface area contributed by atoms with Crippen LogP contribution in [-0.4, -0.2) is 23.9 Å². The highest BCUT2D eigenvalue weighted by Gasteiger charge is 2.13. The van der Waals surface area contributed by atoms with Crippen molar-refractivity contribution >= 4 is 11.5 Å². The highest BCUT2D eigenvalue weighted by molar-refractivity contribution is 5.95. The molecule has 2 rings (SSSR count). The lowest BCUT2D eigenvalue weighted by molar-refractivity contribution is -0.687. The summed E-state index contributed by atoms with van der Waals surface area (Å²) in [6, 6.07) is 7.88. The molecule has 4 heteroatoms. The number of nitrogens with one attached hydrogen (secondary N) is 1. The molecule has 0 aliphatic rings. The number of aromatic amines is 1. The molecule has 0 radical (unpaired) electrons. The Morgan fingerprint density at radius 1 is 1.20 bits per heavy atom. The standard InChI is InChI=1S/C16H21N3O/c1-4-18(5-2)15-8-6-14(7-9-15)16(20)12-19-11-10-17-13(19)3/h6-11H,4-5,12H2,1-3H3/p+1. The van der Waals surface area contributed by atoms with Crippen LogP contribution in [0, 0.1) is 6.92 Å². The van der Waals surface area contributed by atoms with Gasteiger partial charge in [-0.05, 0) is 38.1 Å². The second-order valence-electron chi connectivity index (χ2n) is 4.82. The maximum atomic E-state index is 12.2. The number of H-pyrrole nitrogens is 1. The fraction of sp³-hybridized carbons (Fsp3) is 0.375. The van der Waals surface area contributed by atoms with E-state index in [4.69, 9.17) is 0 Å². The summed E-state index contributed by atoms with van der Waals surface area (Å²) in [5, 5.41) is 0. The maximum absolute atomic E-state index is 12.2. The SMILES string of the molecule is CCN(CC)c1ccc(C(=O)C[n+]2cc[nH]c2C)cc1. The number of ketones is 1. The van der Waals surface area contributed by atoms with Crippen molar-refractivity contribution in [1.82, 2.24) is 4.98 Å². The number of aryl methyl sites for hydroxylation is 1. The number of hydrogen-bond donors (Lipinski definition) is 1. The van der Waals surface area contributed by atoms with Gasteiger partial charge in [-0.15, -0.1) is 0 Å². The number of carbonyl (C=O) groups is 1. The number of anilines is 1. The minimum atomic E-state index is 0.129. The van der Waals surface area contributed by atoms with E-state index in [0.717, 1.165) is 30.2 Å². The smallest absolute Gasteiger partial charge is 0.251 e. The summed E-state index contributed by atoms with van der Waals surface area (Å²) in [7, 11) is 0. The first kappa shape index (κ1) is 14.3. The molecule has 0 bridgehead atoms. The molecule has 0 saturated carbocycles. The first-order chi connectivity index (χ1) is 9.65. The van der Waals surface area contributed by atoms with Crippen molar-refractivity contribution in [2.24, 2.45) is 0 Å². The molecule has 1 N–H and O–H groups in total. The van der Waals surface area contributed by atoms with E-state index in [1.807, 2.05) is 48.1 Å². The molecule has 2 aromatic rings. The molecule has 1 heterocycles. The molecule has 20 heavy (non-hydrogen) atoms. The third-order valence-corrected chi connectivity index (χ3v) is 3.61. The van der Waals surface area contributed by atoms with Gasteiger partial charge in [0.2, 0.25) is 5.78 Å². The lowest BCUT2D eigenvalue weighted by Gasteiger charge is -2.20. The number of aromatic nitrogens is 2. The summed E-state index contributed by atoms with van der Waals surface area (Å²) in [5.41, 5.74) is 1.92. The molecular formula is C16H22N3O+. The summed E-state index contributed by atoms with van der Waals surface area (Å²) in [4.78, 5) is 17.6. The number of Topliss-reactive ketones (excluding diaryl/α,β-unsaturated/α-hetero) is 1. The third kappa shape index (κ3) is 3.07. The van der Waals surface area contributed by atoms with Crippen molar-refractivity contribution in [2.45, 2.75) is 27.3 Å². The van der Waals surface area contributed by atoms with E-state index in [1.54, 1.807) is 0 Å². The zero-order chi connectivity index (χ0) is 14.5. The monoisotopic (exact) mass is 272 g/mol. The summed E-state index contributed by atoms with van der Waals surface area (Å²) >= 11 is 0. The number of imidazole rings is 1. The van der Waals surface area contributed by atoms with Crippen molar-refractivity contribution in [3.8, 4) is 0 Å². The molecule has 0 aliphatic carbocycles. The second-order valence-corrected chi connectivity index (χ2v) is 4.82. The average Bonchev–Trinajstić information content (AvgIpc) is 2.86.